The Morgan fingerprint density at radius 2 is 0.661 bits per heavy atom. The summed E-state index contributed by atoms with van der Waals surface area (Å²) < 4.78 is 25.3. The maximum atomic E-state index is 13.7. The average molecular weight is 835 g/mol. The van der Waals surface area contributed by atoms with Crippen LogP contribution < -0.4 is 9.47 Å². The number of ketones is 4. The molecule has 0 unspecified atom stereocenters. The highest BCUT2D eigenvalue weighted by atomic mass is 16.5. The van der Waals surface area contributed by atoms with Crippen LogP contribution in [-0.4, -0.2) is 23.1 Å². The molecule has 0 aromatic heterocycles. The number of ether oxygens (including phenoxy) is 4. The zero-order valence-electron chi connectivity index (χ0n) is 37.4. The Morgan fingerprint density at radius 3 is 0.919 bits per heavy atom. The van der Waals surface area contributed by atoms with E-state index in [4.69, 9.17) is 18.9 Å². The molecule has 9 rings (SSSR count). The molecular formula is C54H58O8. The first kappa shape index (κ1) is 41.8. The Morgan fingerprint density at radius 1 is 0.403 bits per heavy atom. The van der Waals surface area contributed by atoms with Gasteiger partial charge in [0.1, 0.15) is 47.7 Å². The smallest absolute Gasteiger partial charge is 0.163 e. The summed E-state index contributed by atoms with van der Waals surface area (Å²) in [4.78, 5) is 54.7. The van der Waals surface area contributed by atoms with Gasteiger partial charge in [0.15, 0.2) is 23.1 Å². The van der Waals surface area contributed by atoms with E-state index in [9.17, 15) is 19.2 Å². The predicted molar refractivity (Wildman–Crippen MR) is 236 cm³/mol. The largest absolute Gasteiger partial charge is 0.489 e. The number of hydrogen-bond donors (Lipinski definition) is 0. The summed E-state index contributed by atoms with van der Waals surface area (Å²) in [5.74, 6) is 3.62. The molecule has 2 heterocycles. The molecule has 0 fully saturated rings. The van der Waals surface area contributed by atoms with Crippen molar-refractivity contribution in [3.8, 4) is 11.5 Å². The maximum Gasteiger partial charge on any atom is 0.163 e. The molecule has 8 heteroatoms. The number of carbonyl (C=O) groups excluding carboxylic acids is 4. The minimum absolute atomic E-state index is 0.0559. The Balaban J connectivity index is 0.851. The lowest BCUT2D eigenvalue weighted by molar-refractivity contribution is -0.122. The van der Waals surface area contributed by atoms with Crippen LogP contribution in [0.2, 0.25) is 0 Å². The lowest BCUT2D eigenvalue weighted by Gasteiger charge is -2.42. The summed E-state index contributed by atoms with van der Waals surface area (Å²) in [6.45, 7) is 17.5. The lowest BCUT2D eigenvalue weighted by Crippen LogP contribution is -2.37. The molecule has 8 nitrogen and oxygen atoms in total. The van der Waals surface area contributed by atoms with E-state index in [0.29, 0.717) is 98.4 Å². The number of allylic oxidation sites excluding steroid dienone is 8. The van der Waals surface area contributed by atoms with Gasteiger partial charge in [0.2, 0.25) is 0 Å². The first-order valence-electron chi connectivity index (χ1n) is 22.2. The summed E-state index contributed by atoms with van der Waals surface area (Å²) in [6.07, 6.45) is 4.35. The monoisotopic (exact) mass is 834 g/mol. The fraction of sp³-hybridized carbons (Fsp3) is 0.444. The van der Waals surface area contributed by atoms with Gasteiger partial charge in [-0.3, -0.25) is 19.2 Å². The van der Waals surface area contributed by atoms with E-state index in [2.05, 4.69) is 55.4 Å². The van der Waals surface area contributed by atoms with Crippen molar-refractivity contribution in [3.63, 3.8) is 0 Å². The van der Waals surface area contributed by atoms with Crippen molar-refractivity contribution in [1.29, 1.82) is 0 Å². The van der Waals surface area contributed by atoms with Crippen LogP contribution in [0.5, 0.6) is 11.5 Å². The summed E-state index contributed by atoms with van der Waals surface area (Å²) in [7, 11) is 0. The van der Waals surface area contributed by atoms with Crippen LogP contribution in [-0.2, 0) is 41.9 Å². The molecule has 0 atom stereocenters. The van der Waals surface area contributed by atoms with Gasteiger partial charge in [-0.1, -0.05) is 104 Å². The van der Waals surface area contributed by atoms with Gasteiger partial charge in [-0.25, -0.2) is 0 Å². The van der Waals surface area contributed by atoms with Gasteiger partial charge in [-0.2, -0.15) is 0 Å². The van der Waals surface area contributed by atoms with Crippen molar-refractivity contribution >= 4 is 23.1 Å². The highest BCUT2D eigenvalue weighted by Crippen LogP contribution is 2.55. The van der Waals surface area contributed by atoms with Crippen LogP contribution in [0, 0.1) is 21.7 Å². The quantitative estimate of drug-likeness (QED) is 0.221. The summed E-state index contributed by atoms with van der Waals surface area (Å²) in [6, 6.07) is 23.7. The second kappa shape index (κ2) is 15.1. The summed E-state index contributed by atoms with van der Waals surface area (Å²) in [5, 5.41) is 0. The zero-order chi connectivity index (χ0) is 43.9. The first-order valence-corrected chi connectivity index (χ1v) is 22.2. The van der Waals surface area contributed by atoms with E-state index in [1.54, 1.807) is 0 Å². The zero-order valence-corrected chi connectivity index (χ0v) is 37.4. The second-order valence-electron chi connectivity index (χ2n) is 21.7. The molecule has 6 aliphatic rings. The Kier molecular flexibility index (Phi) is 10.2. The molecule has 0 radical (unpaired) electrons. The molecule has 0 saturated carbocycles. The van der Waals surface area contributed by atoms with Crippen LogP contribution in [0.1, 0.15) is 141 Å². The van der Waals surface area contributed by atoms with Crippen LogP contribution in [0.3, 0.4) is 0 Å². The molecule has 0 spiro atoms. The van der Waals surface area contributed by atoms with Crippen molar-refractivity contribution in [3.05, 3.63) is 140 Å². The van der Waals surface area contributed by atoms with E-state index in [0.717, 1.165) is 45.3 Å². The molecule has 0 N–H and O–H groups in total. The second-order valence-corrected chi connectivity index (χ2v) is 21.7. The van der Waals surface area contributed by atoms with Crippen LogP contribution in [0.25, 0.3) is 0 Å². The summed E-state index contributed by atoms with van der Waals surface area (Å²) in [5.41, 5.74) is 5.54. The molecule has 0 bridgehead atoms. The topological polar surface area (TPSA) is 105 Å². The molecule has 62 heavy (non-hydrogen) atoms. The van der Waals surface area contributed by atoms with Gasteiger partial charge < -0.3 is 18.9 Å². The number of hydrogen-bond acceptors (Lipinski definition) is 8. The van der Waals surface area contributed by atoms with Crippen molar-refractivity contribution in [2.75, 3.05) is 0 Å². The van der Waals surface area contributed by atoms with Gasteiger partial charge in [0.05, 0.1) is 0 Å². The number of benzene rings is 3. The van der Waals surface area contributed by atoms with Gasteiger partial charge in [0.25, 0.3) is 0 Å². The van der Waals surface area contributed by atoms with E-state index in [-0.39, 0.29) is 44.8 Å². The number of carbonyl (C=O) groups is 4. The average Bonchev–Trinajstić information content (AvgIpc) is 3.16. The van der Waals surface area contributed by atoms with Crippen molar-refractivity contribution in [2.24, 2.45) is 21.7 Å². The van der Waals surface area contributed by atoms with Crippen molar-refractivity contribution in [1.82, 2.24) is 0 Å². The normalized spacial score (nSPS) is 23.0. The van der Waals surface area contributed by atoms with Gasteiger partial charge in [-0.05, 0) is 68.2 Å². The molecule has 0 amide bonds. The lowest BCUT2D eigenvalue weighted by atomic mass is 9.65. The molecule has 2 aliphatic heterocycles. The fourth-order valence-corrected chi connectivity index (χ4v) is 10.6. The molecular weight excluding hydrogens is 777 g/mol. The third-order valence-corrected chi connectivity index (χ3v) is 13.4. The minimum atomic E-state index is -0.434. The molecule has 4 aliphatic carbocycles. The minimum Gasteiger partial charge on any atom is -0.489 e. The molecule has 0 saturated heterocycles. The molecule has 3 aromatic carbocycles. The van der Waals surface area contributed by atoms with Crippen LogP contribution in [0.4, 0.5) is 0 Å². The van der Waals surface area contributed by atoms with Gasteiger partial charge >= 0.3 is 0 Å². The SMILES string of the molecule is CC1(C)CC(=O)C2=C(C1)OC1=C(C(=O)CC(C)(C)C1)C2c1ccc(OCc2ccc(COc3ccc(C4C5=C(CC(C)(C)CC5=O)OC5=C4C(=O)CC(C)(C)C5)cc3)cc2)cc1. The number of rotatable bonds is 8. The Labute approximate surface area is 365 Å². The summed E-state index contributed by atoms with van der Waals surface area (Å²) >= 11 is 0. The maximum absolute atomic E-state index is 13.7. The number of Topliss-reactive ketones (excluding diaryl/α,β-unsaturated/α-hetero) is 4. The first-order chi connectivity index (χ1) is 29.2. The highest BCUT2D eigenvalue weighted by molar-refractivity contribution is 6.07. The Hall–Kier alpha value is -5.50. The van der Waals surface area contributed by atoms with Gasteiger partial charge in [-0.15, -0.1) is 0 Å². The van der Waals surface area contributed by atoms with Crippen molar-refractivity contribution in [2.45, 2.75) is 132 Å². The van der Waals surface area contributed by atoms with E-state index >= 15 is 0 Å². The van der Waals surface area contributed by atoms with E-state index in [1.165, 1.54) is 0 Å². The van der Waals surface area contributed by atoms with Crippen molar-refractivity contribution < 1.29 is 38.1 Å². The third kappa shape index (κ3) is 8.13. The highest BCUT2D eigenvalue weighted by Gasteiger charge is 2.49. The Bertz CT molecular complexity index is 2240. The van der Waals surface area contributed by atoms with E-state index < -0.39 is 11.8 Å². The van der Waals surface area contributed by atoms with Gasteiger partial charge in [0, 0.05) is 85.5 Å². The van der Waals surface area contributed by atoms with Crippen LogP contribution >= 0.6 is 0 Å². The predicted octanol–water partition coefficient (Wildman–Crippen LogP) is 11.6. The standard InChI is InChI=1S/C54H58O8/c1-51(2)21-37(55)47-41(25-51)61-42-26-52(3,4)22-38(56)48(42)45(47)33-13-17-35(18-14-33)59-29-31-9-11-32(12-10-31)30-60-36-19-15-34(16-20-36)46-49-39(57)23-53(5,6)27-43(49)62-44-28-54(7,8)24-40(58)50(44)46/h9-20,45-46H,21-30H2,1-8H3. The van der Waals surface area contributed by atoms with Crippen LogP contribution in [0.15, 0.2) is 118 Å². The third-order valence-electron chi connectivity index (χ3n) is 13.4. The van der Waals surface area contributed by atoms with E-state index in [1.807, 2.05) is 72.8 Å². The fourth-order valence-electron chi connectivity index (χ4n) is 10.6. The molecule has 3 aromatic rings. The molecule has 322 valence electrons.